The van der Waals surface area contributed by atoms with E-state index in [0.29, 0.717) is 43.3 Å². The third kappa shape index (κ3) is 6.03. The Morgan fingerprint density at radius 2 is 1.91 bits per heavy atom. The Morgan fingerprint density at radius 3 is 2.57 bits per heavy atom. The van der Waals surface area contributed by atoms with Crippen LogP contribution in [0.5, 0.6) is 5.75 Å². The monoisotopic (exact) mass is 506 g/mol. The minimum absolute atomic E-state index is 0.0673. The van der Waals surface area contributed by atoms with Crippen LogP contribution in [0.3, 0.4) is 0 Å². The number of aromatic nitrogens is 2. The molecule has 1 aliphatic carbocycles. The lowest BCUT2D eigenvalue weighted by Gasteiger charge is -2.42. The molecule has 0 radical (unpaired) electrons. The van der Waals surface area contributed by atoms with Crippen LogP contribution in [0.1, 0.15) is 52.4 Å². The molecule has 1 aliphatic heterocycles. The van der Waals surface area contributed by atoms with Gasteiger partial charge in [-0.15, -0.1) is 0 Å². The zero-order valence-corrected chi connectivity index (χ0v) is 21.5. The second kappa shape index (κ2) is 10.7. The van der Waals surface area contributed by atoms with Crippen LogP contribution in [0.2, 0.25) is 0 Å². The number of piperazine rings is 1. The van der Waals surface area contributed by atoms with Crippen molar-refractivity contribution in [2.45, 2.75) is 64.5 Å². The van der Waals surface area contributed by atoms with Gasteiger partial charge in [0.25, 0.3) is 0 Å². The van der Waals surface area contributed by atoms with Crippen molar-refractivity contribution in [3.8, 4) is 11.4 Å². The van der Waals surface area contributed by atoms with E-state index in [1.165, 1.54) is 29.1 Å². The Labute approximate surface area is 206 Å². The molecule has 4 rings (SSSR count). The standard InChI is InChI=1S/C25H35FN4O4S/c1-18(2)14-21-17-28(12-13-29(21)35(3,32)33)23-16-27-30(20-9-7-8-19(26)15-20)25(31)24(23)34-22-10-5-4-6-11-22/h7-9,15-16,18,21-22H,4-6,10-14,17H2,1-3H3/t21-/m0/s1. The van der Waals surface area contributed by atoms with Crippen LogP contribution in [0.15, 0.2) is 35.3 Å². The Hall–Kier alpha value is -2.46. The van der Waals surface area contributed by atoms with Crippen molar-refractivity contribution >= 4 is 15.7 Å². The Kier molecular flexibility index (Phi) is 7.80. The Morgan fingerprint density at radius 1 is 1.17 bits per heavy atom. The van der Waals surface area contributed by atoms with Crippen LogP contribution < -0.4 is 15.2 Å². The van der Waals surface area contributed by atoms with Crippen molar-refractivity contribution in [3.63, 3.8) is 0 Å². The maximum atomic E-state index is 13.9. The van der Waals surface area contributed by atoms with E-state index in [1.807, 2.05) is 4.90 Å². The van der Waals surface area contributed by atoms with Gasteiger partial charge in [-0.1, -0.05) is 26.3 Å². The number of rotatable bonds is 7. The maximum absolute atomic E-state index is 13.9. The topological polar surface area (TPSA) is 84.7 Å². The summed E-state index contributed by atoms with van der Waals surface area (Å²) in [7, 11) is -3.36. The highest BCUT2D eigenvalue weighted by Gasteiger charge is 2.35. The number of halogens is 1. The fourth-order valence-corrected chi connectivity index (χ4v) is 6.24. The van der Waals surface area contributed by atoms with E-state index in [2.05, 4.69) is 18.9 Å². The average Bonchev–Trinajstić information content (AvgIpc) is 2.80. The van der Waals surface area contributed by atoms with Gasteiger partial charge in [0.2, 0.25) is 15.8 Å². The molecule has 10 heteroatoms. The van der Waals surface area contributed by atoms with Gasteiger partial charge in [0, 0.05) is 25.7 Å². The molecule has 0 bridgehead atoms. The molecule has 2 aromatic rings. The summed E-state index contributed by atoms with van der Waals surface area (Å²) in [5, 5.41) is 4.36. The summed E-state index contributed by atoms with van der Waals surface area (Å²) in [6.07, 6.45) is 8.47. The number of sulfonamides is 1. The molecule has 1 aromatic carbocycles. The van der Waals surface area contributed by atoms with Crippen LogP contribution >= 0.6 is 0 Å². The van der Waals surface area contributed by atoms with Crippen molar-refractivity contribution in [2.24, 2.45) is 5.92 Å². The largest absolute Gasteiger partial charge is 0.483 e. The Balaban J connectivity index is 1.73. The van der Waals surface area contributed by atoms with Gasteiger partial charge in [0.1, 0.15) is 11.5 Å². The Bertz CT molecular complexity index is 1190. The van der Waals surface area contributed by atoms with E-state index < -0.39 is 21.4 Å². The molecule has 0 unspecified atom stereocenters. The molecule has 0 amide bonds. The summed E-state index contributed by atoms with van der Waals surface area (Å²) in [4.78, 5) is 15.6. The zero-order chi connectivity index (χ0) is 25.2. The van der Waals surface area contributed by atoms with E-state index in [9.17, 15) is 17.6 Å². The number of nitrogens with zero attached hydrogens (tertiary/aromatic N) is 4. The molecule has 35 heavy (non-hydrogen) atoms. The normalized spacial score (nSPS) is 20.4. The molecule has 0 N–H and O–H groups in total. The van der Waals surface area contributed by atoms with E-state index in [4.69, 9.17) is 4.74 Å². The number of anilines is 1. The maximum Gasteiger partial charge on any atom is 0.316 e. The molecule has 1 saturated carbocycles. The molecule has 1 saturated heterocycles. The van der Waals surface area contributed by atoms with Gasteiger partial charge in [-0.25, -0.2) is 12.8 Å². The summed E-state index contributed by atoms with van der Waals surface area (Å²) in [5.41, 5.74) is 0.453. The second-order valence-corrected chi connectivity index (χ2v) is 12.0. The van der Waals surface area contributed by atoms with Gasteiger partial charge in [-0.3, -0.25) is 4.79 Å². The molecular formula is C25H35FN4O4S. The average molecular weight is 507 g/mol. The summed E-state index contributed by atoms with van der Waals surface area (Å²) in [6.45, 7) is 5.33. The summed E-state index contributed by atoms with van der Waals surface area (Å²) >= 11 is 0. The van der Waals surface area contributed by atoms with Crippen LogP contribution in [0.25, 0.3) is 5.69 Å². The minimum atomic E-state index is -3.36. The van der Waals surface area contributed by atoms with Gasteiger partial charge >= 0.3 is 5.56 Å². The van der Waals surface area contributed by atoms with Gasteiger partial charge in [-0.2, -0.15) is 14.1 Å². The lowest BCUT2D eigenvalue weighted by atomic mass is 9.98. The lowest BCUT2D eigenvalue weighted by Crippen LogP contribution is -2.55. The summed E-state index contributed by atoms with van der Waals surface area (Å²) in [5.74, 6) is 0.0528. The molecule has 0 spiro atoms. The highest BCUT2D eigenvalue weighted by Crippen LogP contribution is 2.32. The van der Waals surface area contributed by atoms with Crippen LogP contribution in [-0.4, -0.2) is 60.5 Å². The number of benzene rings is 1. The number of hydrogen-bond acceptors (Lipinski definition) is 6. The first-order chi connectivity index (χ1) is 16.6. The van der Waals surface area contributed by atoms with Crippen LogP contribution in [0, 0.1) is 11.7 Å². The summed E-state index contributed by atoms with van der Waals surface area (Å²) in [6, 6.07) is 5.54. The lowest BCUT2D eigenvalue weighted by molar-refractivity contribution is 0.152. The van der Waals surface area contributed by atoms with Gasteiger partial charge in [0.15, 0.2) is 0 Å². The van der Waals surface area contributed by atoms with Crippen LogP contribution in [0.4, 0.5) is 10.1 Å². The van der Waals surface area contributed by atoms with Gasteiger partial charge < -0.3 is 9.64 Å². The molecule has 1 aromatic heterocycles. The van der Waals surface area contributed by atoms with E-state index in [0.717, 1.165) is 32.1 Å². The first-order valence-corrected chi connectivity index (χ1v) is 14.2. The van der Waals surface area contributed by atoms with Crippen molar-refractivity contribution < 1.29 is 17.5 Å². The molecule has 192 valence electrons. The molecular weight excluding hydrogens is 471 g/mol. The zero-order valence-electron chi connectivity index (χ0n) is 20.7. The quantitative estimate of drug-likeness (QED) is 0.571. The third-order valence-corrected chi connectivity index (χ3v) is 8.08. The fourth-order valence-electron chi connectivity index (χ4n) is 5.14. The third-order valence-electron chi connectivity index (χ3n) is 6.74. The van der Waals surface area contributed by atoms with Crippen molar-refractivity contribution in [2.75, 3.05) is 30.8 Å². The summed E-state index contributed by atoms with van der Waals surface area (Å²) < 4.78 is 47.8. The molecule has 2 fully saturated rings. The van der Waals surface area contributed by atoms with Crippen molar-refractivity contribution in [1.82, 2.24) is 14.1 Å². The van der Waals surface area contributed by atoms with E-state index >= 15 is 0 Å². The predicted octanol–water partition coefficient (Wildman–Crippen LogP) is 3.58. The highest BCUT2D eigenvalue weighted by molar-refractivity contribution is 7.88. The predicted molar refractivity (Wildman–Crippen MR) is 134 cm³/mol. The van der Waals surface area contributed by atoms with E-state index in [1.54, 1.807) is 16.6 Å². The first kappa shape index (κ1) is 25.6. The smallest absolute Gasteiger partial charge is 0.316 e. The van der Waals surface area contributed by atoms with Crippen molar-refractivity contribution in [3.05, 3.63) is 46.6 Å². The van der Waals surface area contributed by atoms with Crippen molar-refractivity contribution in [1.29, 1.82) is 0 Å². The minimum Gasteiger partial charge on any atom is -0.483 e. The SMILES string of the molecule is CC(C)C[C@H]1CN(c2cnn(-c3cccc(F)c3)c(=O)c2OC2CCCCC2)CCN1S(C)(=O)=O. The van der Waals surface area contributed by atoms with E-state index in [-0.39, 0.29) is 17.9 Å². The fraction of sp³-hybridized carbons (Fsp3) is 0.600. The van der Waals surface area contributed by atoms with Crippen LogP contribution in [-0.2, 0) is 10.0 Å². The number of ether oxygens (including phenoxy) is 1. The molecule has 2 heterocycles. The highest BCUT2D eigenvalue weighted by atomic mass is 32.2. The molecule has 8 nitrogen and oxygen atoms in total. The second-order valence-electron chi connectivity index (χ2n) is 10.0. The van der Waals surface area contributed by atoms with Gasteiger partial charge in [-0.05, 0) is 56.2 Å². The first-order valence-electron chi connectivity index (χ1n) is 12.4. The molecule has 2 aliphatic rings. The number of hydrogen-bond donors (Lipinski definition) is 0. The molecule has 1 atom stereocenters. The van der Waals surface area contributed by atoms with Gasteiger partial charge in [0.05, 0.1) is 24.2 Å².